The Morgan fingerprint density at radius 3 is 2.20 bits per heavy atom. The fourth-order valence-corrected chi connectivity index (χ4v) is 0.989. The van der Waals surface area contributed by atoms with E-state index < -0.39 is 23.8 Å². The molecule has 0 saturated heterocycles. The molecule has 0 aliphatic rings. The van der Waals surface area contributed by atoms with Crippen LogP contribution < -0.4 is 5.73 Å². The van der Waals surface area contributed by atoms with Crippen molar-refractivity contribution in [3.8, 4) is 0 Å². The summed E-state index contributed by atoms with van der Waals surface area (Å²) in [6.07, 6.45) is -2.37. The molecule has 1 atom stereocenters. The molecule has 1 amide bonds. The number of rotatable bonds is 3. The van der Waals surface area contributed by atoms with Gasteiger partial charge in [0.25, 0.3) is 5.91 Å². The van der Waals surface area contributed by atoms with E-state index in [-0.39, 0.29) is 5.56 Å². The summed E-state index contributed by atoms with van der Waals surface area (Å²) in [6.45, 7) is 0. The maximum absolute atomic E-state index is 12.9. The first-order chi connectivity index (χ1) is 6.85. The van der Waals surface area contributed by atoms with E-state index >= 15 is 0 Å². The molecule has 1 aromatic carbocycles. The predicted octanol–water partition coefficient (Wildman–Crippen LogP) is 0.980. The van der Waals surface area contributed by atoms with Crippen LogP contribution in [0.5, 0.6) is 0 Å². The number of benzene rings is 1. The number of nitrogens with two attached hydrogens (primary N) is 1. The molecule has 0 aliphatic carbocycles. The van der Waals surface area contributed by atoms with Crippen LogP contribution in [0.25, 0.3) is 0 Å². The Hall–Kier alpha value is -1.56. The summed E-state index contributed by atoms with van der Waals surface area (Å²) in [5, 5.41) is 9.14. The van der Waals surface area contributed by atoms with Crippen molar-refractivity contribution in [1.82, 2.24) is 0 Å². The quantitative estimate of drug-likeness (QED) is 0.795. The van der Waals surface area contributed by atoms with Gasteiger partial charge in [-0.15, -0.1) is 0 Å². The summed E-state index contributed by atoms with van der Waals surface area (Å²) in [5.41, 5.74) is 4.14. The van der Waals surface area contributed by atoms with Crippen molar-refractivity contribution < 1.29 is 23.1 Å². The number of aliphatic hydroxyl groups is 1. The van der Waals surface area contributed by atoms with Gasteiger partial charge >= 0.3 is 5.92 Å². The van der Waals surface area contributed by atoms with Crippen molar-refractivity contribution in [2.75, 3.05) is 0 Å². The molecule has 0 spiro atoms. The second-order valence-corrected chi connectivity index (χ2v) is 2.94. The van der Waals surface area contributed by atoms with E-state index in [9.17, 15) is 18.0 Å². The molecule has 0 aliphatic heterocycles. The van der Waals surface area contributed by atoms with Crippen LogP contribution in [0.4, 0.5) is 13.2 Å². The minimum Gasteiger partial charge on any atom is -0.381 e. The van der Waals surface area contributed by atoms with Crippen LogP contribution in [0.3, 0.4) is 0 Å². The summed E-state index contributed by atoms with van der Waals surface area (Å²) in [7, 11) is 0. The molecule has 0 heterocycles. The van der Waals surface area contributed by atoms with Crippen LogP contribution in [-0.4, -0.2) is 16.9 Å². The number of hydrogen-bond donors (Lipinski definition) is 2. The number of carbonyl (C=O) groups excluding carboxylic acids is 1. The first-order valence-electron chi connectivity index (χ1n) is 3.97. The van der Waals surface area contributed by atoms with Gasteiger partial charge in [0.1, 0.15) is 5.82 Å². The minimum atomic E-state index is -4.07. The van der Waals surface area contributed by atoms with E-state index in [2.05, 4.69) is 5.73 Å². The van der Waals surface area contributed by atoms with E-state index in [0.717, 1.165) is 24.3 Å². The lowest BCUT2D eigenvalue weighted by Crippen LogP contribution is -2.41. The molecule has 0 radical (unpaired) electrons. The minimum absolute atomic E-state index is 0.278. The molecule has 3 N–H and O–H groups in total. The van der Waals surface area contributed by atoms with Gasteiger partial charge in [0.05, 0.1) is 0 Å². The Balaban J connectivity index is 2.99. The van der Waals surface area contributed by atoms with Crippen LogP contribution in [0.1, 0.15) is 11.7 Å². The van der Waals surface area contributed by atoms with Crippen LogP contribution in [0.15, 0.2) is 24.3 Å². The summed E-state index contributed by atoms with van der Waals surface area (Å²) < 4.78 is 38.3. The molecule has 1 rings (SSSR count). The molecular formula is C9H8F3NO2. The third-order valence-electron chi connectivity index (χ3n) is 1.86. The zero-order chi connectivity index (χ0) is 11.6. The van der Waals surface area contributed by atoms with Crippen molar-refractivity contribution in [3.63, 3.8) is 0 Å². The zero-order valence-electron chi connectivity index (χ0n) is 7.45. The van der Waals surface area contributed by atoms with Gasteiger partial charge in [0.15, 0.2) is 6.10 Å². The second-order valence-electron chi connectivity index (χ2n) is 2.94. The first-order valence-corrected chi connectivity index (χ1v) is 3.97. The van der Waals surface area contributed by atoms with Gasteiger partial charge in [0.2, 0.25) is 0 Å². The molecule has 0 aromatic heterocycles. The average molecular weight is 219 g/mol. The monoisotopic (exact) mass is 219 g/mol. The number of primary amides is 1. The van der Waals surface area contributed by atoms with Gasteiger partial charge in [-0.25, -0.2) is 4.39 Å². The molecule has 1 aromatic rings. The summed E-state index contributed by atoms with van der Waals surface area (Å²) in [6, 6.07) is 3.71. The number of carbonyl (C=O) groups is 1. The lowest BCUT2D eigenvalue weighted by atomic mass is 10.0. The summed E-state index contributed by atoms with van der Waals surface area (Å²) in [5.74, 6) is -6.63. The van der Waals surface area contributed by atoms with Crippen molar-refractivity contribution in [2.45, 2.75) is 12.0 Å². The lowest BCUT2D eigenvalue weighted by molar-refractivity contribution is -0.160. The van der Waals surface area contributed by atoms with Crippen molar-refractivity contribution in [3.05, 3.63) is 35.6 Å². The number of hydrogen-bond acceptors (Lipinski definition) is 2. The van der Waals surface area contributed by atoms with Gasteiger partial charge < -0.3 is 10.8 Å². The molecule has 0 bridgehead atoms. The third-order valence-corrected chi connectivity index (χ3v) is 1.86. The number of alkyl halides is 2. The molecular weight excluding hydrogens is 211 g/mol. The van der Waals surface area contributed by atoms with Gasteiger partial charge in [0, 0.05) is 0 Å². The van der Waals surface area contributed by atoms with Gasteiger partial charge in [-0.3, -0.25) is 4.79 Å². The van der Waals surface area contributed by atoms with E-state index in [1.807, 2.05) is 0 Å². The van der Waals surface area contributed by atoms with E-state index in [1.54, 1.807) is 0 Å². The Morgan fingerprint density at radius 1 is 1.33 bits per heavy atom. The normalized spacial score (nSPS) is 13.6. The van der Waals surface area contributed by atoms with Gasteiger partial charge in [-0.2, -0.15) is 8.78 Å². The summed E-state index contributed by atoms with van der Waals surface area (Å²) in [4.78, 5) is 10.3. The van der Waals surface area contributed by atoms with Crippen LogP contribution in [0.2, 0.25) is 0 Å². The van der Waals surface area contributed by atoms with E-state index in [0.29, 0.717) is 0 Å². The van der Waals surface area contributed by atoms with Crippen molar-refractivity contribution >= 4 is 5.91 Å². The highest BCUT2D eigenvalue weighted by Gasteiger charge is 2.45. The Bertz CT molecular complexity index is 364. The topological polar surface area (TPSA) is 63.3 Å². The molecule has 3 nitrogen and oxygen atoms in total. The highest BCUT2D eigenvalue weighted by Crippen LogP contribution is 2.30. The van der Waals surface area contributed by atoms with Crippen LogP contribution in [-0.2, 0) is 4.79 Å². The molecule has 0 fully saturated rings. The maximum atomic E-state index is 12.9. The highest BCUT2D eigenvalue weighted by atomic mass is 19.3. The van der Waals surface area contributed by atoms with Crippen LogP contribution >= 0.6 is 0 Å². The van der Waals surface area contributed by atoms with Crippen LogP contribution in [0, 0.1) is 5.82 Å². The first kappa shape index (κ1) is 11.5. The predicted molar refractivity (Wildman–Crippen MR) is 45.5 cm³/mol. The molecule has 0 saturated carbocycles. The smallest absolute Gasteiger partial charge is 0.353 e. The fraction of sp³-hybridized carbons (Fsp3) is 0.222. The zero-order valence-corrected chi connectivity index (χ0v) is 7.45. The van der Waals surface area contributed by atoms with Crippen molar-refractivity contribution in [1.29, 1.82) is 0 Å². The largest absolute Gasteiger partial charge is 0.381 e. The molecule has 1 unspecified atom stereocenters. The number of amides is 1. The Kier molecular flexibility index (Phi) is 2.99. The second kappa shape index (κ2) is 3.90. The highest BCUT2D eigenvalue weighted by molar-refractivity contribution is 5.82. The van der Waals surface area contributed by atoms with E-state index in [1.165, 1.54) is 0 Å². The van der Waals surface area contributed by atoms with E-state index in [4.69, 9.17) is 5.11 Å². The molecule has 82 valence electrons. The maximum Gasteiger partial charge on any atom is 0.353 e. The molecule has 15 heavy (non-hydrogen) atoms. The Morgan fingerprint density at radius 2 is 1.80 bits per heavy atom. The standard InChI is InChI=1S/C9H8F3NO2/c10-6-3-1-5(2-4-6)7(14)9(11,12)8(13)15/h1-4,7,14H,(H2,13,15). The third kappa shape index (κ3) is 2.27. The number of aliphatic hydroxyl groups excluding tert-OH is 1. The molecule has 6 heteroatoms. The SMILES string of the molecule is NC(=O)C(F)(F)C(O)c1ccc(F)cc1. The van der Waals surface area contributed by atoms with Gasteiger partial charge in [-0.05, 0) is 17.7 Å². The number of halogens is 3. The lowest BCUT2D eigenvalue weighted by Gasteiger charge is -2.19. The summed E-state index contributed by atoms with van der Waals surface area (Å²) >= 11 is 0. The average Bonchev–Trinajstić information content (AvgIpc) is 2.17. The fourth-order valence-electron chi connectivity index (χ4n) is 0.989. The van der Waals surface area contributed by atoms with Crippen molar-refractivity contribution in [2.24, 2.45) is 5.73 Å². The van der Waals surface area contributed by atoms with Gasteiger partial charge in [-0.1, -0.05) is 12.1 Å². The Labute approximate surface area is 83.3 Å².